The van der Waals surface area contributed by atoms with Crippen LogP contribution in [0.4, 0.5) is 4.39 Å². The number of aromatic nitrogens is 2. The van der Waals surface area contributed by atoms with Gasteiger partial charge >= 0.3 is 0 Å². The molecule has 29 heavy (non-hydrogen) atoms. The lowest BCUT2D eigenvalue weighted by molar-refractivity contribution is 0.189. The van der Waals surface area contributed by atoms with Gasteiger partial charge in [-0.05, 0) is 56.4 Å². The summed E-state index contributed by atoms with van der Waals surface area (Å²) in [7, 11) is 0. The van der Waals surface area contributed by atoms with Crippen LogP contribution in [0.3, 0.4) is 0 Å². The third kappa shape index (κ3) is 6.21. The number of nitrogens with one attached hydrogen (secondary N) is 1. The second kappa shape index (κ2) is 10.8. The normalized spacial score (nSPS) is 20.0. The average molecular weight is 402 g/mol. The lowest BCUT2D eigenvalue weighted by atomic mass is 9.93. The molecule has 7 heteroatoms. The molecule has 2 aromatic rings. The summed E-state index contributed by atoms with van der Waals surface area (Å²) in [6.45, 7) is 8.61. The van der Waals surface area contributed by atoms with E-state index >= 15 is 0 Å². The first kappa shape index (κ1) is 21.1. The summed E-state index contributed by atoms with van der Waals surface area (Å²) in [6, 6.07) is 6.56. The highest BCUT2D eigenvalue weighted by Gasteiger charge is 2.28. The molecule has 0 aliphatic carbocycles. The summed E-state index contributed by atoms with van der Waals surface area (Å²) in [6.07, 6.45) is 8.81. The van der Waals surface area contributed by atoms with Gasteiger partial charge in [0.25, 0.3) is 0 Å². The maximum atomic E-state index is 12.9. The minimum Gasteiger partial charge on any atom is -0.494 e. The van der Waals surface area contributed by atoms with Crippen molar-refractivity contribution in [2.24, 2.45) is 10.9 Å². The van der Waals surface area contributed by atoms with Gasteiger partial charge in [0.1, 0.15) is 11.6 Å². The molecular formula is C22H32FN5O. The van der Waals surface area contributed by atoms with Crippen LogP contribution >= 0.6 is 0 Å². The summed E-state index contributed by atoms with van der Waals surface area (Å²) < 4.78 is 20.8. The first-order chi connectivity index (χ1) is 14.2. The van der Waals surface area contributed by atoms with E-state index in [0.29, 0.717) is 24.3 Å². The first-order valence-electron chi connectivity index (χ1n) is 10.6. The molecule has 1 aliphatic rings. The van der Waals surface area contributed by atoms with Gasteiger partial charge in [-0.15, -0.1) is 0 Å². The van der Waals surface area contributed by atoms with Crippen molar-refractivity contribution in [3.05, 3.63) is 48.8 Å². The molecular weight excluding hydrogens is 369 g/mol. The lowest BCUT2D eigenvalue weighted by Gasteiger charge is -2.39. The number of halogens is 1. The van der Waals surface area contributed by atoms with Gasteiger partial charge in [-0.3, -0.25) is 4.99 Å². The van der Waals surface area contributed by atoms with E-state index in [1.165, 1.54) is 12.1 Å². The Balaban J connectivity index is 1.47. The zero-order valence-electron chi connectivity index (χ0n) is 17.4. The molecule has 0 saturated carbocycles. The van der Waals surface area contributed by atoms with Crippen LogP contribution in [0.2, 0.25) is 0 Å². The molecule has 0 amide bonds. The average Bonchev–Trinajstić information content (AvgIpc) is 3.26. The van der Waals surface area contributed by atoms with Gasteiger partial charge in [-0.25, -0.2) is 9.37 Å². The fourth-order valence-electron chi connectivity index (χ4n) is 3.64. The van der Waals surface area contributed by atoms with Gasteiger partial charge in [0.15, 0.2) is 5.96 Å². The summed E-state index contributed by atoms with van der Waals surface area (Å²) >= 11 is 0. The predicted molar refractivity (Wildman–Crippen MR) is 114 cm³/mol. The van der Waals surface area contributed by atoms with E-state index in [0.717, 1.165) is 51.4 Å². The predicted octanol–water partition coefficient (Wildman–Crippen LogP) is 3.73. The number of piperidine rings is 1. The fourth-order valence-corrected chi connectivity index (χ4v) is 3.64. The van der Waals surface area contributed by atoms with Crippen molar-refractivity contribution in [2.75, 3.05) is 32.8 Å². The Morgan fingerprint density at radius 3 is 2.86 bits per heavy atom. The topological polar surface area (TPSA) is 54.7 Å². The third-order valence-corrected chi connectivity index (χ3v) is 5.36. The number of hydrogen-bond acceptors (Lipinski definition) is 3. The van der Waals surface area contributed by atoms with Crippen LogP contribution in [0, 0.1) is 11.7 Å². The SMILES string of the molecule is CCNC(=NCCCCOc1ccc(F)cc1)N1CCC(C)C(n2ccnc2)C1. The van der Waals surface area contributed by atoms with Crippen molar-refractivity contribution in [2.45, 2.75) is 39.2 Å². The number of benzene rings is 1. The second-order valence-electron chi connectivity index (χ2n) is 7.53. The molecule has 2 unspecified atom stereocenters. The first-order valence-corrected chi connectivity index (χ1v) is 10.6. The van der Waals surface area contributed by atoms with Gasteiger partial charge in [-0.1, -0.05) is 6.92 Å². The Labute approximate surface area is 172 Å². The largest absolute Gasteiger partial charge is 0.494 e. The number of hydrogen-bond donors (Lipinski definition) is 1. The van der Waals surface area contributed by atoms with E-state index in [-0.39, 0.29) is 5.82 Å². The van der Waals surface area contributed by atoms with E-state index in [1.54, 1.807) is 12.1 Å². The van der Waals surface area contributed by atoms with Gasteiger partial charge < -0.3 is 19.5 Å². The molecule has 0 spiro atoms. The molecule has 158 valence electrons. The summed E-state index contributed by atoms with van der Waals surface area (Å²) in [5.41, 5.74) is 0. The lowest BCUT2D eigenvalue weighted by Crippen LogP contribution is -2.49. The van der Waals surface area contributed by atoms with Gasteiger partial charge in [0, 0.05) is 38.6 Å². The molecule has 1 aliphatic heterocycles. The zero-order chi connectivity index (χ0) is 20.5. The molecule has 1 fully saturated rings. The van der Waals surface area contributed by atoms with Crippen LogP contribution in [0.15, 0.2) is 48.0 Å². The number of aliphatic imine (C=N–C) groups is 1. The van der Waals surface area contributed by atoms with Crippen molar-refractivity contribution >= 4 is 5.96 Å². The van der Waals surface area contributed by atoms with Crippen LogP contribution in [-0.2, 0) is 0 Å². The van der Waals surface area contributed by atoms with Crippen molar-refractivity contribution in [3.63, 3.8) is 0 Å². The number of guanidine groups is 1. The van der Waals surface area contributed by atoms with E-state index < -0.39 is 0 Å². The van der Waals surface area contributed by atoms with Gasteiger partial charge in [-0.2, -0.15) is 0 Å². The standard InChI is InChI=1S/C22H32FN5O/c1-3-25-22(26-11-4-5-15-29-20-8-6-19(23)7-9-20)27-13-10-18(2)21(16-27)28-14-12-24-17-28/h6-9,12,14,17-18,21H,3-5,10-11,13,15-16H2,1-2H3,(H,25,26). The maximum absolute atomic E-state index is 12.9. The van der Waals surface area contributed by atoms with Crippen LogP contribution in [-0.4, -0.2) is 53.2 Å². The monoisotopic (exact) mass is 401 g/mol. The number of imidazole rings is 1. The Morgan fingerprint density at radius 1 is 1.31 bits per heavy atom. The number of nitrogens with zero attached hydrogens (tertiary/aromatic N) is 4. The van der Waals surface area contributed by atoms with Crippen molar-refractivity contribution in [1.29, 1.82) is 0 Å². The molecule has 1 N–H and O–H groups in total. The Kier molecular flexibility index (Phi) is 7.90. The fraction of sp³-hybridized carbons (Fsp3) is 0.545. The summed E-state index contributed by atoms with van der Waals surface area (Å²) in [4.78, 5) is 11.4. The van der Waals surface area contributed by atoms with E-state index in [1.807, 2.05) is 12.5 Å². The summed E-state index contributed by atoms with van der Waals surface area (Å²) in [5, 5.41) is 3.44. The van der Waals surface area contributed by atoms with Gasteiger partial charge in [0.2, 0.25) is 0 Å². The Bertz CT molecular complexity index is 747. The second-order valence-corrected chi connectivity index (χ2v) is 7.53. The Morgan fingerprint density at radius 2 is 2.14 bits per heavy atom. The molecule has 3 rings (SSSR count). The Hall–Kier alpha value is -2.57. The van der Waals surface area contributed by atoms with Crippen molar-refractivity contribution in [3.8, 4) is 5.75 Å². The molecule has 2 heterocycles. The molecule has 2 atom stereocenters. The number of ether oxygens (including phenoxy) is 1. The number of unbranched alkanes of at least 4 members (excludes halogenated alkanes) is 1. The van der Waals surface area contributed by atoms with Crippen molar-refractivity contribution < 1.29 is 9.13 Å². The third-order valence-electron chi connectivity index (χ3n) is 5.36. The highest BCUT2D eigenvalue weighted by Crippen LogP contribution is 2.27. The summed E-state index contributed by atoms with van der Waals surface area (Å²) in [5.74, 6) is 2.07. The van der Waals surface area contributed by atoms with Gasteiger partial charge in [0.05, 0.1) is 19.0 Å². The van der Waals surface area contributed by atoms with Crippen molar-refractivity contribution in [1.82, 2.24) is 19.8 Å². The minimum absolute atomic E-state index is 0.245. The number of rotatable bonds is 8. The van der Waals surface area contributed by atoms with E-state index in [4.69, 9.17) is 9.73 Å². The van der Waals surface area contributed by atoms with Crippen LogP contribution in [0.5, 0.6) is 5.75 Å². The van der Waals surface area contributed by atoms with Crippen LogP contribution in [0.25, 0.3) is 0 Å². The van der Waals surface area contributed by atoms with E-state index in [2.05, 4.69) is 39.8 Å². The molecule has 0 bridgehead atoms. The molecule has 0 radical (unpaired) electrons. The molecule has 1 aromatic carbocycles. The highest BCUT2D eigenvalue weighted by molar-refractivity contribution is 5.80. The number of likely N-dealkylation sites (tertiary alicyclic amines) is 1. The molecule has 6 nitrogen and oxygen atoms in total. The maximum Gasteiger partial charge on any atom is 0.193 e. The molecule has 1 saturated heterocycles. The van der Waals surface area contributed by atoms with Crippen LogP contribution in [0.1, 0.15) is 39.2 Å². The highest BCUT2D eigenvalue weighted by atomic mass is 19.1. The smallest absolute Gasteiger partial charge is 0.193 e. The molecule has 1 aromatic heterocycles. The minimum atomic E-state index is -0.245. The zero-order valence-corrected chi connectivity index (χ0v) is 17.4. The van der Waals surface area contributed by atoms with Crippen LogP contribution < -0.4 is 10.1 Å². The quantitative estimate of drug-likeness (QED) is 0.416. The van der Waals surface area contributed by atoms with E-state index in [9.17, 15) is 4.39 Å².